The zero-order valence-electron chi connectivity index (χ0n) is 32.7. The maximum Gasteiger partial charge on any atom is 0.243 e. The summed E-state index contributed by atoms with van der Waals surface area (Å²) in [7, 11) is -2.14. The number of hydrogen-bond donors (Lipinski definition) is 3. The minimum atomic E-state index is -3.74. The highest BCUT2D eigenvalue weighted by Gasteiger charge is 2.45. The summed E-state index contributed by atoms with van der Waals surface area (Å²) >= 11 is 0. The number of rotatable bonds is 17. The largest absolute Gasteiger partial charge is 0.497 e. The predicted molar refractivity (Wildman–Crippen MR) is 211 cm³/mol. The summed E-state index contributed by atoms with van der Waals surface area (Å²) in [5, 5.41) is 14.0. The number of fused-ring (bicyclic) bond motifs is 1. The lowest BCUT2D eigenvalue weighted by Gasteiger charge is -2.35. The number of carbonyl (C=O) groups is 2. The van der Waals surface area contributed by atoms with Crippen LogP contribution in [0.3, 0.4) is 0 Å². The van der Waals surface area contributed by atoms with Crippen LogP contribution in [0.15, 0.2) is 54.6 Å². The van der Waals surface area contributed by atoms with Crippen molar-refractivity contribution < 1.29 is 37.3 Å². The number of benzene rings is 2. The highest BCUT2D eigenvalue weighted by Crippen LogP contribution is 2.35. The molecule has 0 radical (unpaired) electrons. The van der Waals surface area contributed by atoms with Gasteiger partial charge in [-0.15, -0.1) is 0 Å². The number of piperidine rings is 1. The normalized spacial score (nSPS) is 20.7. The van der Waals surface area contributed by atoms with Crippen molar-refractivity contribution in [3.8, 4) is 22.8 Å². The molecule has 3 aliphatic rings. The second kappa shape index (κ2) is 17.5. The van der Waals surface area contributed by atoms with Gasteiger partial charge in [0.2, 0.25) is 21.8 Å². The van der Waals surface area contributed by atoms with E-state index in [2.05, 4.69) is 28.8 Å². The Morgan fingerprint density at radius 3 is 2.44 bits per heavy atom. The fraction of sp³-hybridized carbons (Fsp3) is 0.585. The van der Waals surface area contributed by atoms with E-state index >= 15 is 0 Å². The van der Waals surface area contributed by atoms with Crippen molar-refractivity contribution in [3.05, 3.63) is 54.6 Å². The minimum absolute atomic E-state index is 0.149. The maximum atomic E-state index is 14.2. The molecule has 1 aromatic heterocycles. The lowest BCUT2D eigenvalue weighted by molar-refractivity contribution is -0.141. The summed E-state index contributed by atoms with van der Waals surface area (Å²) in [4.78, 5) is 37.2. The molecule has 300 valence electrons. The standard InChI is InChI=1S/C41H57N5O8S/c1-27(2)26-53-38(45-20-10-7-11-21-45)19-18-37(47)46-25-30(23-35(46)39(48)43-41(3,4)40(49)44-55(50,51)31-15-16-31)54-36-24-33(28-12-8-6-9-13-28)42-34-22-29(52-5)14-17-32(34)36/h6,8-9,12-14,17,22,24,27,30-31,35,38,40,44,49H,7,10-11,15-16,18-21,23,25-26H2,1-5H3,(H,43,48)/t30?,35-,38?,40?/m0/s1. The number of ether oxygens (including phenoxy) is 3. The zero-order chi connectivity index (χ0) is 39.3. The molecule has 13 nitrogen and oxygen atoms in total. The molecule has 3 aromatic rings. The van der Waals surface area contributed by atoms with Crippen LogP contribution >= 0.6 is 0 Å². The average molecular weight is 780 g/mol. The Morgan fingerprint density at radius 1 is 1.04 bits per heavy atom. The van der Waals surface area contributed by atoms with Gasteiger partial charge in [-0.05, 0) is 64.0 Å². The fourth-order valence-electron chi connectivity index (χ4n) is 7.26. The Labute approximate surface area is 325 Å². The van der Waals surface area contributed by atoms with E-state index < -0.39 is 45.1 Å². The molecule has 1 aliphatic carbocycles. The third-order valence-electron chi connectivity index (χ3n) is 10.6. The number of aliphatic hydroxyl groups is 1. The van der Waals surface area contributed by atoms with E-state index in [-0.39, 0.29) is 31.5 Å². The molecule has 2 amide bonds. The van der Waals surface area contributed by atoms with Gasteiger partial charge in [-0.1, -0.05) is 50.6 Å². The van der Waals surface area contributed by atoms with Crippen LogP contribution in [0.2, 0.25) is 0 Å². The van der Waals surface area contributed by atoms with Crippen LogP contribution in [0, 0.1) is 5.92 Å². The van der Waals surface area contributed by atoms with Crippen LogP contribution in [-0.4, -0.2) is 109 Å². The summed E-state index contributed by atoms with van der Waals surface area (Å²) in [6, 6.07) is 16.3. The summed E-state index contributed by atoms with van der Waals surface area (Å²) in [6.07, 6.45) is 2.88. The minimum Gasteiger partial charge on any atom is -0.497 e. The van der Waals surface area contributed by atoms with Crippen LogP contribution < -0.4 is 19.5 Å². The van der Waals surface area contributed by atoms with Gasteiger partial charge in [0.15, 0.2) is 0 Å². The first kappa shape index (κ1) is 40.8. The van der Waals surface area contributed by atoms with Gasteiger partial charge in [-0.25, -0.2) is 13.4 Å². The number of carbonyl (C=O) groups excluding carboxylic acids is 2. The van der Waals surface area contributed by atoms with Crippen LogP contribution in [-0.2, 0) is 24.3 Å². The molecule has 0 spiro atoms. The topological polar surface area (TPSA) is 160 Å². The third kappa shape index (κ3) is 10.3. The second-order valence-corrected chi connectivity index (χ2v) is 18.1. The predicted octanol–water partition coefficient (Wildman–Crippen LogP) is 4.82. The van der Waals surface area contributed by atoms with Gasteiger partial charge in [-0.3, -0.25) is 14.5 Å². The summed E-state index contributed by atoms with van der Waals surface area (Å²) in [5.74, 6) is 0.834. The highest BCUT2D eigenvalue weighted by atomic mass is 32.2. The molecule has 1 saturated carbocycles. The summed E-state index contributed by atoms with van der Waals surface area (Å²) in [6.45, 7) is 9.88. The van der Waals surface area contributed by atoms with Crippen LogP contribution in [0.1, 0.15) is 79.1 Å². The van der Waals surface area contributed by atoms with Gasteiger partial charge >= 0.3 is 0 Å². The third-order valence-corrected chi connectivity index (χ3v) is 12.5. The fourth-order valence-corrected chi connectivity index (χ4v) is 8.82. The average Bonchev–Trinajstić information content (AvgIpc) is 3.95. The molecule has 2 aromatic carbocycles. The number of pyridine rings is 1. The van der Waals surface area contributed by atoms with Gasteiger partial charge in [0, 0.05) is 49.0 Å². The van der Waals surface area contributed by atoms with E-state index in [9.17, 15) is 23.1 Å². The quantitative estimate of drug-likeness (QED) is 0.162. The van der Waals surface area contributed by atoms with Crippen LogP contribution in [0.25, 0.3) is 22.2 Å². The molecule has 14 heteroatoms. The van der Waals surface area contributed by atoms with Gasteiger partial charge in [0.05, 0.1) is 42.3 Å². The van der Waals surface area contributed by atoms with E-state index in [0.717, 1.165) is 36.9 Å². The van der Waals surface area contributed by atoms with Crippen LogP contribution in [0.5, 0.6) is 11.5 Å². The number of nitrogens with zero attached hydrogens (tertiary/aromatic N) is 3. The Kier molecular flexibility index (Phi) is 13.0. The van der Waals surface area contributed by atoms with Crippen molar-refractivity contribution in [1.29, 1.82) is 0 Å². The van der Waals surface area contributed by atoms with Crippen molar-refractivity contribution in [3.63, 3.8) is 0 Å². The lowest BCUT2D eigenvalue weighted by Crippen LogP contribution is -2.61. The Balaban J connectivity index is 1.25. The number of aromatic nitrogens is 1. The van der Waals surface area contributed by atoms with E-state index in [1.54, 1.807) is 25.9 Å². The maximum absolute atomic E-state index is 14.2. The lowest BCUT2D eigenvalue weighted by atomic mass is 10.0. The SMILES string of the molecule is COc1ccc2c(OC3C[C@@H](C(=O)NC(C)(C)C(O)NS(=O)(=O)C4CC4)N(C(=O)CCC(OCC(C)C)N4CCCCC4)C3)cc(-c3ccccc3)nc2c1. The van der Waals surface area contributed by atoms with Gasteiger partial charge < -0.3 is 29.5 Å². The number of aliphatic hydroxyl groups excluding tert-OH is 1. The van der Waals surface area contributed by atoms with Crippen LogP contribution in [0.4, 0.5) is 0 Å². The Hall–Kier alpha value is -3.82. The molecule has 3 heterocycles. The number of hydrogen-bond acceptors (Lipinski definition) is 10. The highest BCUT2D eigenvalue weighted by molar-refractivity contribution is 7.90. The smallest absolute Gasteiger partial charge is 0.243 e. The molecule has 55 heavy (non-hydrogen) atoms. The molecule has 3 fully saturated rings. The van der Waals surface area contributed by atoms with E-state index in [0.29, 0.717) is 54.5 Å². The second-order valence-electron chi connectivity index (χ2n) is 16.1. The van der Waals surface area contributed by atoms with Crippen molar-refractivity contribution in [2.45, 2.75) is 114 Å². The summed E-state index contributed by atoms with van der Waals surface area (Å²) < 4.78 is 46.2. The van der Waals surface area contributed by atoms with Crippen molar-refractivity contribution >= 4 is 32.7 Å². The monoisotopic (exact) mass is 779 g/mol. The molecule has 2 aliphatic heterocycles. The Bertz CT molecular complexity index is 1900. The van der Waals surface area contributed by atoms with Gasteiger partial charge in [-0.2, -0.15) is 4.72 Å². The number of nitrogens with one attached hydrogen (secondary N) is 2. The van der Waals surface area contributed by atoms with E-state index in [4.69, 9.17) is 19.2 Å². The first-order valence-electron chi connectivity index (χ1n) is 19.6. The molecule has 4 atom stereocenters. The first-order valence-corrected chi connectivity index (χ1v) is 21.2. The van der Waals surface area contributed by atoms with Gasteiger partial charge in [0.25, 0.3) is 0 Å². The molecular weight excluding hydrogens is 723 g/mol. The molecular formula is C41H57N5O8S. The van der Waals surface area contributed by atoms with E-state index in [1.807, 2.05) is 54.6 Å². The molecule has 3 unspecified atom stereocenters. The Morgan fingerprint density at radius 2 is 1.76 bits per heavy atom. The summed E-state index contributed by atoms with van der Waals surface area (Å²) in [5.41, 5.74) is 0.886. The number of amides is 2. The molecule has 3 N–H and O–H groups in total. The number of likely N-dealkylation sites (tertiary alicyclic amines) is 2. The molecule has 0 bridgehead atoms. The molecule has 2 saturated heterocycles. The van der Waals surface area contributed by atoms with Crippen molar-refractivity contribution in [1.82, 2.24) is 24.8 Å². The van der Waals surface area contributed by atoms with Crippen molar-refractivity contribution in [2.75, 3.05) is 33.4 Å². The van der Waals surface area contributed by atoms with E-state index in [1.165, 1.54) is 6.42 Å². The number of sulfonamides is 1. The van der Waals surface area contributed by atoms with Crippen molar-refractivity contribution in [2.24, 2.45) is 5.92 Å². The number of methoxy groups -OCH3 is 1. The first-order chi connectivity index (χ1) is 26.2. The zero-order valence-corrected chi connectivity index (χ0v) is 33.5. The molecule has 6 rings (SSSR count). The van der Waals surface area contributed by atoms with Gasteiger partial charge in [0.1, 0.15) is 36.1 Å².